The molecule has 2 heterocycles. The molecular formula is C20H28N4O3. The van der Waals surface area contributed by atoms with Gasteiger partial charge in [0, 0.05) is 11.9 Å². The SMILES string of the molecule is CC(C)(C)OC(=O)NCc1nn(CCN2CCCC2)c(=O)c2ccccc12. The number of alkyl carbamates (subject to hydrolysis) is 1. The number of nitrogens with zero attached hydrogens (tertiary/aromatic N) is 3. The molecule has 1 fully saturated rings. The van der Waals surface area contributed by atoms with Crippen LogP contribution in [0.25, 0.3) is 10.8 Å². The van der Waals surface area contributed by atoms with Crippen molar-refractivity contribution in [3.63, 3.8) is 0 Å². The summed E-state index contributed by atoms with van der Waals surface area (Å²) in [4.78, 5) is 27.1. The molecule has 146 valence electrons. The molecule has 27 heavy (non-hydrogen) atoms. The highest BCUT2D eigenvalue weighted by molar-refractivity contribution is 5.83. The van der Waals surface area contributed by atoms with Gasteiger partial charge in [-0.1, -0.05) is 18.2 Å². The van der Waals surface area contributed by atoms with Crippen LogP contribution in [0.15, 0.2) is 29.1 Å². The van der Waals surface area contributed by atoms with Gasteiger partial charge in [0.05, 0.1) is 24.2 Å². The topological polar surface area (TPSA) is 76.5 Å². The van der Waals surface area contributed by atoms with Crippen LogP contribution < -0.4 is 10.9 Å². The first-order valence-corrected chi connectivity index (χ1v) is 9.51. The Morgan fingerprint density at radius 2 is 1.81 bits per heavy atom. The molecule has 0 saturated carbocycles. The van der Waals surface area contributed by atoms with E-state index in [1.807, 2.05) is 45.0 Å². The van der Waals surface area contributed by atoms with E-state index in [9.17, 15) is 9.59 Å². The van der Waals surface area contributed by atoms with Crippen molar-refractivity contribution in [3.05, 3.63) is 40.3 Å². The minimum atomic E-state index is -0.561. The van der Waals surface area contributed by atoms with Crippen LogP contribution in [0.5, 0.6) is 0 Å². The monoisotopic (exact) mass is 372 g/mol. The molecule has 1 aliphatic heterocycles. The lowest BCUT2D eigenvalue weighted by Gasteiger charge is -2.20. The fourth-order valence-electron chi connectivity index (χ4n) is 3.30. The molecule has 1 N–H and O–H groups in total. The molecule has 1 aromatic carbocycles. The Labute approximate surface area is 159 Å². The molecule has 0 spiro atoms. The van der Waals surface area contributed by atoms with Gasteiger partial charge in [-0.25, -0.2) is 9.48 Å². The molecule has 1 aliphatic rings. The second kappa shape index (κ2) is 8.08. The van der Waals surface area contributed by atoms with E-state index in [4.69, 9.17) is 4.74 Å². The largest absolute Gasteiger partial charge is 0.444 e. The van der Waals surface area contributed by atoms with Crippen LogP contribution in [-0.2, 0) is 17.8 Å². The van der Waals surface area contributed by atoms with Crippen LogP contribution in [0.1, 0.15) is 39.3 Å². The van der Waals surface area contributed by atoms with Crippen molar-refractivity contribution in [1.82, 2.24) is 20.0 Å². The number of nitrogens with one attached hydrogen (secondary N) is 1. The lowest BCUT2D eigenvalue weighted by atomic mass is 10.1. The summed E-state index contributed by atoms with van der Waals surface area (Å²) in [5.74, 6) is 0. The summed E-state index contributed by atoms with van der Waals surface area (Å²) < 4.78 is 6.81. The van der Waals surface area contributed by atoms with E-state index in [2.05, 4.69) is 15.3 Å². The summed E-state index contributed by atoms with van der Waals surface area (Å²) in [6, 6.07) is 7.39. The Kier molecular flexibility index (Phi) is 5.79. The second-order valence-electron chi connectivity index (χ2n) is 7.92. The van der Waals surface area contributed by atoms with Gasteiger partial charge < -0.3 is 15.0 Å². The number of carbonyl (C=O) groups excluding carboxylic acids is 1. The number of carbonyl (C=O) groups is 1. The molecule has 1 aromatic heterocycles. The Morgan fingerprint density at radius 1 is 1.15 bits per heavy atom. The fraction of sp³-hybridized carbons (Fsp3) is 0.550. The lowest BCUT2D eigenvalue weighted by Crippen LogP contribution is -2.34. The molecule has 7 nitrogen and oxygen atoms in total. The standard InChI is InChI=1S/C20H28N4O3/c1-20(2,3)27-19(26)21-14-17-15-8-4-5-9-16(15)18(25)24(22-17)13-12-23-10-6-7-11-23/h4-5,8-9H,6-7,10-14H2,1-3H3,(H,21,26). The summed E-state index contributed by atoms with van der Waals surface area (Å²) >= 11 is 0. The first-order valence-electron chi connectivity index (χ1n) is 9.51. The number of hydrogen-bond donors (Lipinski definition) is 1. The van der Waals surface area contributed by atoms with Crippen molar-refractivity contribution in [3.8, 4) is 0 Å². The van der Waals surface area contributed by atoms with Crippen molar-refractivity contribution in [1.29, 1.82) is 0 Å². The van der Waals surface area contributed by atoms with Gasteiger partial charge in [-0.05, 0) is 52.8 Å². The van der Waals surface area contributed by atoms with E-state index in [1.54, 1.807) is 0 Å². The normalized spacial score (nSPS) is 15.2. The van der Waals surface area contributed by atoms with Gasteiger partial charge in [-0.15, -0.1) is 0 Å². The molecule has 2 aromatic rings. The van der Waals surface area contributed by atoms with Gasteiger partial charge in [0.1, 0.15) is 5.60 Å². The first-order chi connectivity index (χ1) is 12.8. The molecule has 1 amide bonds. The van der Waals surface area contributed by atoms with Crippen LogP contribution in [-0.4, -0.2) is 46.0 Å². The van der Waals surface area contributed by atoms with Crippen LogP contribution >= 0.6 is 0 Å². The van der Waals surface area contributed by atoms with E-state index < -0.39 is 11.7 Å². The highest BCUT2D eigenvalue weighted by Crippen LogP contribution is 2.14. The Bertz CT molecular complexity index is 864. The van der Waals surface area contributed by atoms with Crippen molar-refractivity contribution in [2.45, 2.75) is 52.3 Å². The Balaban J connectivity index is 1.81. The number of benzene rings is 1. The Hall–Kier alpha value is -2.41. The van der Waals surface area contributed by atoms with Crippen LogP contribution in [0.2, 0.25) is 0 Å². The van der Waals surface area contributed by atoms with Crippen molar-refractivity contribution in [2.24, 2.45) is 0 Å². The van der Waals surface area contributed by atoms with E-state index >= 15 is 0 Å². The summed E-state index contributed by atoms with van der Waals surface area (Å²) in [7, 11) is 0. The molecule has 3 rings (SSSR count). The van der Waals surface area contributed by atoms with E-state index in [-0.39, 0.29) is 12.1 Å². The van der Waals surface area contributed by atoms with Gasteiger partial charge in [-0.3, -0.25) is 4.79 Å². The predicted octanol–water partition coefficient (Wildman–Crippen LogP) is 2.52. The second-order valence-corrected chi connectivity index (χ2v) is 7.92. The third-order valence-electron chi connectivity index (χ3n) is 4.57. The highest BCUT2D eigenvalue weighted by Gasteiger charge is 2.18. The zero-order valence-electron chi connectivity index (χ0n) is 16.3. The molecule has 0 atom stereocenters. The number of aromatic nitrogens is 2. The minimum Gasteiger partial charge on any atom is -0.444 e. The van der Waals surface area contributed by atoms with Gasteiger partial charge in [0.2, 0.25) is 0 Å². The van der Waals surface area contributed by atoms with Crippen molar-refractivity contribution in [2.75, 3.05) is 19.6 Å². The fourth-order valence-corrected chi connectivity index (χ4v) is 3.30. The number of likely N-dealkylation sites (tertiary alicyclic amines) is 1. The third-order valence-corrected chi connectivity index (χ3v) is 4.57. The number of rotatable bonds is 5. The van der Waals surface area contributed by atoms with Crippen LogP contribution in [0.3, 0.4) is 0 Å². The molecule has 1 saturated heterocycles. The predicted molar refractivity (Wildman–Crippen MR) is 105 cm³/mol. The molecule has 0 radical (unpaired) electrons. The molecule has 7 heteroatoms. The average Bonchev–Trinajstić information content (AvgIpc) is 3.12. The first kappa shape index (κ1) is 19.4. The molecule has 0 bridgehead atoms. The zero-order chi connectivity index (χ0) is 19.4. The maximum absolute atomic E-state index is 12.8. The van der Waals surface area contributed by atoms with E-state index in [0.717, 1.165) is 25.0 Å². The maximum Gasteiger partial charge on any atom is 0.407 e. The summed E-state index contributed by atoms with van der Waals surface area (Å²) in [6.45, 7) is 9.17. The summed E-state index contributed by atoms with van der Waals surface area (Å²) in [5.41, 5.74) is 0.0111. The quantitative estimate of drug-likeness (QED) is 0.873. The summed E-state index contributed by atoms with van der Waals surface area (Å²) in [6.07, 6.45) is 1.93. The van der Waals surface area contributed by atoms with Crippen LogP contribution in [0, 0.1) is 0 Å². The van der Waals surface area contributed by atoms with Gasteiger partial charge in [0.25, 0.3) is 5.56 Å². The highest BCUT2D eigenvalue weighted by atomic mass is 16.6. The Morgan fingerprint density at radius 3 is 2.48 bits per heavy atom. The average molecular weight is 372 g/mol. The van der Waals surface area contributed by atoms with Crippen molar-refractivity contribution >= 4 is 16.9 Å². The molecular weight excluding hydrogens is 344 g/mol. The smallest absolute Gasteiger partial charge is 0.407 e. The number of fused-ring (bicyclic) bond motifs is 1. The van der Waals surface area contributed by atoms with Gasteiger partial charge in [0.15, 0.2) is 0 Å². The minimum absolute atomic E-state index is 0.0918. The number of amides is 1. The molecule has 0 unspecified atom stereocenters. The van der Waals surface area contributed by atoms with E-state index in [0.29, 0.717) is 17.6 Å². The number of ether oxygens (including phenoxy) is 1. The lowest BCUT2D eigenvalue weighted by molar-refractivity contribution is 0.0523. The third kappa shape index (κ3) is 5.07. The van der Waals surface area contributed by atoms with E-state index in [1.165, 1.54) is 17.5 Å². The maximum atomic E-state index is 12.8. The van der Waals surface area contributed by atoms with Crippen molar-refractivity contribution < 1.29 is 9.53 Å². The van der Waals surface area contributed by atoms with Gasteiger partial charge >= 0.3 is 6.09 Å². The van der Waals surface area contributed by atoms with Crippen LogP contribution in [0.4, 0.5) is 4.79 Å². The summed E-state index contributed by atoms with van der Waals surface area (Å²) in [5, 5.41) is 8.66. The zero-order valence-corrected chi connectivity index (χ0v) is 16.3. The number of hydrogen-bond acceptors (Lipinski definition) is 5. The molecule has 0 aliphatic carbocycles. The van der Waals surface area contributed by atoms with Gasteiger partial charge in [-0.2, -0.15) is 5.10 Å².